The van der Waals surface area contributed by atoms with Gasteiger partial charge in [0, 0.05) is 16.3 Å². The highest BCUT2D eigenvalue weighted by Crippen LogP contribution is 2.40. The smallest absolute Gasteiger partial charge is 0.286 e. The maximum absolute atomic E-state index is 12.6. The number of thioether (sulfide) groups is 1. The zero-order valence-corrected chi connectivity index (χ0v) is 19.5. The van der Waals surface area contributed by atoms with Gasteiger partial charge in [-0.15, -0.1) is 11.3 Å². The maximum Gasteiger partial charge on any atom is 0.286 e. The number of amidine groups is 1. The number of halogens is 1. The van der Waals surface area contributed by atoms with E-state index in [0.29, 0.717) is 21.5 Å². The summed E-state index contributed by atoms with van der Waals surface area (Å²) in [5, 5.41) is 10.0. The number of hydrogen-bond donors (Lipinski definition) is 0. The molecule has 3 aromatic rings. The topological polar surface area (TPSA) is 54.3 Å². The fraction of sp³-hybridized carbons (Fsp3) is 0.125. The number of rotatable bonds is 4. The van der Waals surface area contributed by atoms with Crippen LogP contribution in [0, 0.1) is 0 Å². The summed E-state index contributed by atoms with van der Waals surface area (Å²) in [6, 6.07) is 19.4. The normalized spacial score (nSPS) is 19.4. The van der Waals surface area contributed by atoms with Gasteiger partial charge in [-0.25, -0.2) is 5.01 Å². The lowest BCUT2D eigenvalue weighted by molar-refractivity contribution is -0.113. The molecule has 0 fully saturated rings. The summed E-state index contributed by atoms with van der Waals surface area (Å²) in [6.45, 7) is 0. The van der Waals surface area contributed by atoms with Gasteiger partial charge in [0.25, 0.3) is 5.91 Å². The molecule has 0 aliphatic carbocycles. The molecule has 1 unspecified atom stereocenters. The molecule has 32 heavy (non-hydrogen) atoms. The highest BCUT2D eigenvalue weighted by Gasteiger charge is 2.36. The summed E-state index contributed by atoms with van der Waals surface area (Å²) in [7, 11) is 1.65. The molecule has 3 heterocycles. The highest BCUT2D eigenvalue weighted by atomic mass is 35.5. The molecule has 0 radical (unpaired) electrons. The van der Waals surface area contributed by atoms with Gasteiger partial charge in [0.15, 0.2) is 5.17 Å². The van der Waals surface area contributed by atoms with E-state index in [0.717, 1.165) is 27.5 Å². The van der Waals surface area contributed by atoms with Crippen molar-refractivity contribution in [3.05, 3.63) is 92.0 Å². The molecule has 5 nitrogen and oxygen atoms in total. The lowest BCUT2D eigenvalue weighted by Gasteiger charge is -2.22. The van der Waals surface area contributed by atoms with Crippen LogP contribution < -0.4 is 4.74 Å². The van der Waals surface area contributed by atoms with E-state index in [1.54, 1.807) is 18.4 Å². The highest BCUT2D eigenvalue weighted by molar-refractivity contribution is 8.18. The molecule has 2 aliphatic rings. The average molecular weight is 480 g/mol. The Balaban J connectivity index is 1.48. The number of nitrogens with zero attached hydrogens (tertiary/aromatic N) is 3. The van der Waals surface area contributed by atoms with Crippen molar-refractivity contribution in [3.63, 3.8) is 0 Å². The van der Waals surface area contributed by atoms with Crippen LogP contribution in [0.2, 0.25) is 5.02 Å². The first kappa shape index (κ1) is 21.0. The van der Waals surface area contributed by atoms with Crippen LogP contribution in [0.1, 0.15) is 28.5 Å². The predicted molar refractivity (Wildman–Crippen MR) is 133 cm³/mol. The number of aliphatic imine (C=N–C) groups is 1. The molecule has 2 aliphatic heterocycles. The summed E-state index contributed by atoms with van der Waals surface area (Å²) in [6.07, 6.45) is 2.57. The van der Waals surface area contributed by atoms with Gasteiger partial charge in [0.2, 0.25) is 0 Å². The zero-order valence-electron chi connectivity index (χ0n) is 17.1. The fourth-order valence-electron chi connectivity index (χ4n) is 3.59. The molecule has 0 N–H and O–H groups in total. The SMILES string of the molecule is COc1ccc(C2=NN(C3=NC(=O)/C(=C/c4cccs4)S3)C(c3ccc(Cl)cc3)C2)cc1. The fourth-order valence-corrected chi connectivity index (χ4v) is 5.35. The molecule has 1 amide bonds. The number of hydrazone groups is 1. The number of carbonyl (C=O) groups is 1. The van der Waals surface area contributed by atoms with Crippen LogP contribution in [-0.4, -0.2) is 28.9 Å². The van der Waals surface area contributed by atoms with Crippen LogP contribution in [0.4, 0.5) is 0 Å². The standard InChI is InChI=1S/C24H18ClN3O2S2/c1-30-18-10-6-15(7-11-18)20-14-21(16-4-8-17(25)9-5-16)28(27-20)24-26-23(29)22(32-24)13-19-3-2-12-31-19/h2-13,21H,14H2,1H3/b22-13-. The number of ether oxygens (including phenoxy) is 1. The van der Waals surface area contributed by atoms with Crippen LogP contribution in [-0.2, 0) is 4.79 Å². The Bertz CT molecular complexity index is 1230. The minimum absolute atomic E-state index is 0.0792. The minimum Gasteiger partial charge on any atom is -0.497 e. The molecule has 0 saturated carbocycles. The van der Waals surface area contributed by atoms with Crippen LogP contribution >= 0.6 is 34.7 Å². The molecule has 0 spiro atoms. The van der Waals surface area contributed by atoms with Crippen LogP contribution in [0.25, 0.3) is 6.08 Å². The van der Waals surface area contributed by atoms with E-state index in [2.05, 4.69) is 4.99 Å². The van der Waals surface area contributed by atoms with E-state index >= 15 is 0 Å². The first-order chi connectivity index (χ1) is 15.6. The molecule has 8 heteroatoms. The van der Waals surface area contributed by atoms with Crippen molar-refractivity contribution >= 4 is 57.6 Å². The largest absolute Gasteiger partial charge is 0.497 e. The average Bonchev–Trinajstić information content (AvgIpc) is 3.55. The van der Waals surface area contributed by atoms with Crippen molar-refractivity contribution in [1.29, 1.82) is 0 Å². The first-order valence-electron chi connectivity index (χ1n) is 9.93. The third-order valence-corrected chi connectivity index (χ3v) is 7.25. The molecular formula is C24H18ClN3O2S2. The monoisotopic (exact) mass is 479 g/mol. The van der Waals surface area contributed by atoms with E-state index in [1.165, 1.54) is 11.8 Å². The molecule has 0 bridgehead atoms. The number of hydrogen-bond acceptors (Lipinski definition) is 6. The van der Waals surface area contributed by atoms with Gasteiger partial charge >= 0.3 is 0 Å². The van der Waals surface area contributed by atoms with E-state index in [4.69, 9.17) is 21.4 Å². The Morgan fingerprint density at radius 1 is 1.12 bits per heavy atom. The number of thiophene rings is 1. The second kappa shape index (κ2) is 8.94. The molecule has 1 atom stereocenters. The van der Waals surface area contributed by atoms with Gasteiger partial charge in [0.1, 0.15) is 5.75 Å². The van der Waals surface area contributed by atoms with Crippen LogP contribution in [0.3, 0.4) is 0 Å². The van der Waals surface area contributed by atoms with Crippen molar-refractivity contribution in [2.24, 2.45) is 10.1 Å². The van der Waals surface area contributed by atoms with E-state index < -0.39 is 0 Å². The van der Waals surface area contributed by atoms with Gasteiger partial charge in [-0.3, -0.25) is 4.79 Å². The van der Waals surface area contributed by atoms with Crippen molar-refractivity contribution in [3.8, 4) is 5.75 Å². The quantitative estimate of drug-likeness (QED) is 0.416. The number of amides is 1. The van der Waals surface area contributed by atoms with Gasteiger partial charge in [0.05, 0.1) is 23.8 Å². The molecular weight excluding hydrogens is 462 g/mol. The van der Waals surface area contributed by atoms with E-state index in [-0.39, 0.29) is 11.9 Å². The second-order valence-corrected chi connectivity index (χ2v) is 9.64. The lowest BCUT2D eigenvalue weighted by Crippen LogP contribution is -2.23. The summed E-state index contributed by atoms with van der Waals surface area (Å²) >= 11 is 9.06. The van der Waals surface area contributed by atoms with E-state index in [1.807, 2.05) is 77.1 Å². The Hall–Kier alpha value is -2.87. The molecule has 160 valence electrons. The Morgan fingerprint density at radius 3 is 2.59 bits per heavy atom. The number of methoxy groups -OCH3 is 1. The summed E-state index contributed by atoms with van der Waals surface area (Å²) in [5.41, 5.74) is 3.00. The predicted octanol–water partition coefficient (Wildman–Crippen LogP) is 6.23. The summed E-state index contributed by atoms with van der Waals surface area (Å²) < 4.78 is 5.27. The number of carbonyl (C=O) groups excluding carboxylic acids is 1. The third-order valence-electron chi connectivity index (χ3n) is 5.21. The van der Waals surface area contributed by atoms with Crippen molar-refractivity contribution in [1.82, 2.24) is 5.01 Å². The Kier molecular flexibility index (Phi) is 5.87. The van der Waals surface area contributed by atoms with Gasteiger partial charge < -0.3 is 4.74 Å². The van der Waals surface area contributed by atoms with Crippen LogP contribution in [0.15, 0.2) is 81.0 Å². The van der Waals surface area contributed by atoms with Gasteiger partial charge in [-0.2, -0.15) is 10.1 Å². The molecule has 1 aromatic heterocycles. The van der Waals surface area contributed by atoms with Crippen molar-refractivity contribution < 1.29 is 9.53 Å². The third kappa shape index (κ3) is 4.24. The second-order valence-electron chi connectivity index (χ2n) is 7.22. The zero-order chi connectivity index (χ0) is 22.1. The number of benzene rings is 2. The van der Waals surface area contributed by atoms with Crippen molar-refractivity contribution in [2.75, 3.05) is 7.11 Å². The van der Waals surface area contributed by atoms with Crippen LogP contribution in [0.5, 0.6) is 5.75 Å². The van der Waals surface area contributed by atoms with Crippen molar-refractivity contribution in [2.45, 2.75) is 12.5 Å². The Morgan fingerprint density at radius 2 is 1.91 bits per heavy atom. The summed E-state index contributed by atoms with van der Waals surface area (Å²) in [4.78, 5) is 18.6. The van der Waals surface area contributed by atoms with Gasteiger partial charge in [-0.05, 0) is 76.8 Å². The molecule has 0 saturated heterocycles. The lowest BCUT2D eigenvalue weighted by atomic mass is 9.98. The van der Waals surface area contributed by atoms with E-state index in [9.17, 15) is 4.79 Å². The summed E-state index contributed by atoms with van der Waals surface area (Å²) in [5.74, 6) is 0.560. The molecule has 2 aromatic carbocycles. The minimum atomic E-state index is -0.235. The first-order valence-corrected chi connectivity index (χ1v) is 12.0. The Labute approximate surface area is 199 Å². The van der Waals surface area contributed by atoms with Gasteiger partial charge in [-0.1, -0.05) is 29.8 Å². The maximum atomic E-state index is 12.6. The molecule has 5 rings (SSSR count).